The Bertz CT molecular complexity index is 432. The molecule has 3 nitrogen and oxygen atoms in total. The van der Waals surface area contributed by atoms with Gasteiger partial charge in [-0.25, -0.2) is 4.79 Å². The lowest BCUT2D eigenvalue weighted by molar-refractivity contribution is -0.145. The van der Waals surface area contributed by atoms with E-state index in [1.807, 2.05) is 19.1 Å². The molecule has 4 heteroatoms. The molecule has 0 bridgehead atoms. The van der Waals surface area contributed by atoms with Crippen LogP contribution in [0.1, 0.15) is 32.6 Å². The lowest BCUT2D eigenvalue weighted by Crippen LogP contribution is -2.53. The number of benzene rings is 1. The third-order valence-electron chi connectivity index (χ3n) is 3.89. The van der Waals surface area contributed by atoms with Crippen LogP contribution >= 0.6 is 11.6 Å². The Morgan fingerprint density at radius 1 is 1.39 bits per heavy atom. The van der Waals surface area contributed by atoms with Crippen LogP contribution in [0.3, 0.4) is 0 Å². The van der Waals surface area contributed by atoms with Crippen molar-refractivity contribution in [2.45, 2.75) is 38.1 Å². The highest BCUT2D eigenvalue weighted by Gasteiger charge is 2.45. The molecule has 0 aliphatic heterocycles. The second-order valence-electron chi connectivity index (χ2n) is 5.06. The van der Waals surface area contributed by atoms with Crippen molar-refractivity contribution >= 4 is 23.3 Å². The zero-order valence-electron chi connectivity index (χ0n) is 10.4. The molecule has 98 valence electrons. The third kappa shape index (κ3) is 2.46. The lowest BCUT2D eigenvalue weighted by Gasteiger charge is -2.40. The van der Waals surface area contributed by atoms with Gasteiger partial charge in [0.1, 0.15) is 5.54 Å². The monoisotopic (exact) mass is 267 g/mol. The van der Waals surface area contributed by atoms with Crippen LogP contribution in [0.4, 0.5) is 5.69 Å². The number of carbonyl (C=O) groups is 1. The Morgan fingerprint density at radius 3 is 2.61 bits per heavy atom. The molecule has 1 aromatic carbocycles. The molecule has 2 N–H and O–H groups in total. The molecule has 0 saturated heterocycles. The van der Waals surface area contributed by atoms with Crippen LogP contribution in [0.25, 0.3) is 0 Å². The van der Waals surface area contributed by atoms with E-state index in [-0.39, 0.29) is 5.92 Å². The summed E-state index contributed by atoms with van der Waals surface area (Å²) in [6.07, 6.45) is 3.69. The van der Waals surface area contributed by atoms with Crippen molar-refractivity contribution in [3.05, 3.63) is 29.3 Å². The highest BCUT2D eigenvalue weighted by Crippen LogP contribution is 2.36. The number of carboxylic acids is 1. The van der Waals surface area contributed by atoms with Crippen molar-refractivity contribution in [2.24, 2.45) is 5.92 Å². The predicted octanol–water partition coefficient (Wildman–Crippen LogP) is 3.79. The number of rotatable bonds is 3. The fourth-order valence-corrected chi connectivity index (χ4v) is 2.82. The first kappa shape index (κ1) is 13.2. The minimum atomic E-state index is -0.841. The Labute approximate surface area is 112 Å². The van der Waals surface area contributed by atoms with Gasteiger partial charge in [0.25, 0.3) is 0 Å². The number of carboxylic acid groups (broad SMARTS) is 1. The minimum absolute atomic E-state index is 0.124. The van der Waals surface area contributed by atoms with Crippen molar-refractivity contribution in [2.75, 3.05) is 5.32 Å². The molecule has 1 aliphatic rings. The van der Waals surface area contributed by atoms with Crippen molar-refractivity contribution in [3.63, 3.8) is 0 Å². The van der Waals surface area contributed by atoms with Crippen LogP contribution < -0.4 is 5.32 Å². The Kier molecular flexibility index (Phi) is 3.81. The summed E-state index contributed by atoms with van der Waals surface area (Å²) >= 11 is 5.84. The minimum Gasteiger partial charge on any atom is -0.479 e. The quantitative estimate of drug-likeness (QED) is 0.876. The van der Waals surface area contributed by atoms with E-state index in [4.69, 9.17) is 11.6 Å². The summed E-state index contributed by atoms with van der Waals surface area (Å²) in [5, 5.41) is 13.5. The predicted molar refractivity (Wildman–Crippen MR) is 73.1 cm³/mol. The molecule has 0 radical (unpaired) electrons. The summed E-state index contributed by atoms with van der Waals surface area (Å²) in [6.45, 7) is 2.01. The van der Waals surface area contributed by atoms with Gasteiger partial charge in [-0.3, -0.25) is 0 Å². The van der Waals surface area contributed by atoms with Gasteiger partial charge in [-0.05, 0) is 43.0 Å². The molecule has 2 unspecified atom stereocenters. The molecule has 0 spiro atoms. The molecule has 0 aromatic heterocycles. The number of anilines is 1. The molecule has 2 atom stereocenters. The van der Waals surface area contributed by atoms with E-state index in [1.165, 1.54) is 0 Å². The molecule has 18 heavy (non-hydrogen) atoms. The number of aliphatic carboxylic acids is 1. The molecule has 0 amide bonds. The summed E-state index contributed by atoms with van der Waals surface area (Å²) < 4.78 is 0. The lowest BCUT2D eigenvalue weighted by atomic mass is 9.73. The fourth-order valence-electron chi connectivity index (χ4n) is 2.69. The molecule has 1 aromatic rings. The molecule has 2 rings (SSSR count). The van der Waals surface area contributed by atoms with Crippen LogP contribution in [0.15, 0.2) is 24.3 Å². The number of nitrogens with one attached hydrogen (secondary N) is 1. The van der Waals surface area contributed by atoms with Crippen molar-refractivity contribution in [3.8, 4) is 0 Å². The van der Waals surface area contributed by atoms with Gasteiger partial charge in [0.2, 0.25) is 0 Å². The van der Waals surface area contributed by atoms with Crippen LogP contribution in [0.5, 0.6) is 0 Å². The van der Waals surface area contributed by atoms with Crippen molar-refractivity contribution in [1.82, 2.24) is 0 Å². The summed E-state index contributed by atoms with van der Waals surface area (Å²) in [4.78, 5) is 11.7. The summed E-state index contributed by atoms with van der Waals surface area (Å²) in [5.74, 6) is -0.635. The zero-order chi connectivity index (χ0) is 13.2. The SMILES string of the molecule is CC1CCCCC1(Nc1ccc(Cl)cc1)C(=O)O. The number of hydrogen-bond acceptors (Lipinski definition) is 2. The van der Waals surface area contributed by atoms with Crippen LogP contribution in [0, 0.1) is 5.92 Å². The van der Waals surface area contributed by atoms with Crippen molar-refractivity contribution in [1.29, 1.82) is 0 Å². The first-order valence-corrected chi connectivity index (χ1v) is 6.69. The van der Waals surface area contributed by atoms with Crippen LogP contribution in [-0.2, 0) is 4.79 Å². The van der Waals surface area contributed by atoms with Crippen molar-refractivity contribution < 1.29 is 9.90 Å². The van der Waals surface area contributed by atoms with E-state index in [0.717, 1.165) is 24.9 Å². The van der Waals surface area contributed by atoms with E-state index in [2.05, 4.69) is 5.32 Å². The standard InChI is InChI=1S/C14H18ClNO2/c1-10-4-2-3-9-14(10,13(17)18)16-12-7-5-11(15)6-8-12/h5-8,10,16H,2-4,9H2,1H3,(H,17,18). The first-order valence-electron chi connectivity index (χ1n) is 6.32. The summed E-state index contributed by atoms with van der Waals surface area (Å²) in [5.41, 5.74) is -0.0259. The van der Waals surface area contributed by atoms with Gasteiger partial charge >= 0.3 is 5.97 Å². The molecule has 1 fully saturated rings. The summed E-state index contributed by atoms with van der Waals surface area (Å²) in [7, 11) is 0. The average Bonchev–Trinajstić information content (AvgIpc) is 2.35. The second-order valence-corrected chi connectivity index (χ2v) is 5.49. The second kappa shape index (κ2) is 5.19. The maximum Gasteiger partial charge on any atom is 0.329 e. The molecular weight excluding hydrogens is 250 g/mol. The third-order valence-corrected chi connectivity index (χ3v) is 4.14. The number of hydrogen-bond donors (Lipinski definition) is 2. The van der Waals surface area contributed by atoms with E-state index in [1.54, 1.807) is 12.1 Å². The van der Waals surface area contributed by atoms with E-state index < -0.39 is 11.5 Å². The normalized spacial score (nSPS) is 27.8. The maximum absolute atomic E-state index is 11.7. The van der Waals surface area contributed by atoms with E-state index >= 15 is 0 Å². The van der Waals surface area contributed by atoms with E-state index in [0.29, 0.717) is 11.4 Å². The zero-order valence-corrected chi connectivity index (χ0v) is 11.2. The highest BCUT2D eigenvalue weighted by atomic mass is 35.5. The number of halogens is 1. The first-order chi connectivity index (χ1) is 8.54. The van der Waals surface area contributed by atoms with E-state index in [9.17, 15) is 9.90 Å². The van der Waals surface area contributed by atoms with Gasteiger partial charge in [0, 0.05) is 10.7 Å². The van der Waals surface area contributed by atoms with Crippen LogP contribution in [0.2, 0.25) is 5.02 Å². The Hall–Kier alpha value is -1.22. The molecule has 1 aliphatic carbocycles. The Balaban J connectivity index is 2.25. The maximum atomic E-state index is 11.7. The van der Waals surface area contributed by atoms with Crippen LogP contribution in [-0.4, -0.2) is 16.6 Å². The topological polar surface area (TPSA) is 49.3 Å². The molecule has 1 saturated carbocycles. The highest BCUT2D eigenvalue weighted by molar-refractivity contribution is 6.30. The van der Waals surface area contributed by atoms with Gasteiger partial charge in [0.15, 0.2) is 0 Å². The van der Waals surface area contributed by atoms with Gasteiger partial charge in [-0.2, -0.15) is 0 Å². The largest absolute Gasteiger partial charge is 0.479 e. The average molecular weight is 268 g/mol. The van der Waals surface area contributed by atoms with Gasteiger partial charge in [-0.1, -0.05) is 31.4 Å². The smallest absolute Gasteiger partial charge is 0.329 e. The Morgan fingerprint density at radius 2 is 2.06 bits per heavy atom. The fraction of sp³-hybridized carbons (Fsp3) is 0.500. The van der Waals surface area contributed by atoms with Gasteiger partial charge in [0.05, 0.1) is 0 Å². The summed E-state index contributed by atoms with van der Waals surface area (Å²) in [6, 6.07) is 7.20. The molecular formula is C14H18ClNO2. The van der Waals surface area contributed by atoms with Gasteiger partial charge < -0.3 is 10.4 Å². The van der Waals surface area contributed by atoms with Gasteiger partial charge in [-0.15, -0.1) is 0 Å². The molecule has 0 heterocycles.